The van der Waals surface area contributed by atoms with Crippen molar-refractivity contribution in [3.05, 3.63) is 59.7 Å². The number of aryl methyl sites for hydroxylation is 1. The summed E-state index contributed by atoms with van der Waals surface area (Å²) < 4.78 is 0. The Morgan fingerprint density at radius 3 is 2.23 bits per heavy atom. The number of carbonyl (C=O) groups excluding carboxylic acids is 3. The molecule has 3 N–H and O–H groups in total. The van der Waals surface area contributed by atoms with Crippen molar-refractivity contribution < 1.29 is 14.4 Å². The Balaban J connectivity index is 1.99. The smallest absolute Gasteiger partial charge is 0.257 e. The largest absolute Gasteiger partial charge is 0.350 e. The van der Waals surface area contributed by atoms with Gasteiger partial charge in [-0.3, -0.25) is 19.3 Å². The zero-order valence-electron chi connectivity index (χ0n) is 18.2. The molecule has 2 rings (SSSR count). The summed E-state index contributed by atoms with van der Waals surface area (Å²) in [6.07, 6.45) is 0. The van der Waals surface area contributed by atoms with Gasteiger partial charge in [0, 0.05) is 11.2 Å². The van der Waals surface area contributed by atoms with E-state index in [1.165, 1.54) is 0 Å². The van der Waals surface area contributed by atoms with Gasteiger partial charge < -0.3 is 16.0 Å². The third kappa shape index (κ3) is 7.67. The van der Waals surface area contributed by atoms with Crippen LogP contribution in [0.5, 0.6) is 0 Å². The van der Waals surface area contributed by atoms with E-state index >= 15 is 0 Å². The fourth-order valence-electron chi connectivity index (χ4n) is 2.91. The third-order valence-electron chi connectivity index (χ3n) is 4.06. The monoisotopic (exact) mass is 410 g/mol. The first kappa shape index (κ1) is 23.1. The van der Waals surface area contributed by atoms with Gasteiger partial charge in [-0.2, -0.15) is 0 Å². The zero-order valence-corrected chi connectivity index (χ0v) is 18.2. The van der Waals surface area contributed by atoms with Gasteiger partial charge in [0.2, 0.25) is 11.8 Å². The van der Waals surface area contributed by atoms with E-state index in [0.717, 1.165) is 5.56 Å². The van der Waals surface area contributed by atoms with Crippen LogP contribution in [-0.2, 0) is 9.59 Å². The van der Waals surface area contributed by atoms with E-state index in [1.807, 2.05) is 52.0 Å². The molecular weight excluding hydrogens is 380 g/mol. The Hall–Kier alpha value is -3.19. The van der Waals surface area contributed by atoms with Crippen molar-refractivity contribution in [3.8, 4) is 0 Å². The average molecular weight is 411 g/mol. The molecule has 7 heteroatoms. The minimum atomic E-state index is -0.330. The van der Waals surface area contributed by atoms with Crippen LogP contribution in [-0.4, -0.2) is 48.3 Å². The molecular formula is C23H30N4O3. The molecule has 160 valence electrons. The number of hydrogen-bond acceptors (Lipinski definition) is 4. The fraction of sp³-hybridized carbons (Fsp3) is 0.348. The van der Waals surface area contributed by atoms with Crippen molar-refractivity contribution in [1.82, 2.24) is 10.2 Å². The Morgan fingerprint density at radius 2 is 1.57 bits per heavy atom. The Morgan fingerprint density at radius 1 is 0.900 bits per heavy atom. The maximum absolute atomic E-state index is 12.7. The van der Waals surface area contributed by atoms with Crippen molar-refractivity contribution >= 4 is 29.1 Å². The lowest BCUT2D eigenvalue weighted by atomic mass is 10.1. The predicted octanol–water partition coefficient (Wildman–Crippen LogP) is 3.03. The van der Waals surface area contributed by atoms with Crippen molar-refractivity contribution in [3.63, 3.8) is 0 Å². The Labute approximate surface area is 177 Å². The summed E-state index contributed by atoms with van der Waals surface area (Å²) in [6, 6.07) is 14.3. The van der Waals surface area contributed by atoms with Gasteiger partial charge in [-0.1, -0.05) is 24.3 Å². The highest BCUT2D eigenvalue weighted by atomic mass is 16.2. The molecule has 0 aromatic heterocycles. The zero-order chi connectivity index (χ0) is 22.3. The Bertz CT molecular complexity index is 919. The van der Waals surface area contributed by atoms with Crippen LogP contribution in [0.2, 0.25) is 0 Å². The number of carbonyl (C=O) groups is 3. The van der Waals surface area contributed by atoms with Crippen molar-refractivity contribution in [1.29, 1.82) is 0 Å². The summed E-state index contributed by atoms with van der Waals surface area (Å²) in [6.45, 7) is 7.76. The maximum atomic E-state index is 12.7. The number of para-hydroxylation sites is 1. The van der Waals surface area contributed by atoms with Crippen LogP contribution < -0.4 is 16.0 Å². The number of rotatable bonds is 7. The molecule has 0 radical (unpaired) electrons. The number of likely N-dealkylation sites (N-methyl/N-ethyl adjacent to an activating group) is 1. The van der Waals surface area contributed by atoms with E-state index in [4.69, 9.17) is 0 Å². The predicted molar refractivity (Wildman–Crippen MR) is 120 cm³/mol. The number of nitrogens with one attached hydrogen (secondary N) is 3. The average Bonchev–Trinajstić information content (AvgIpc) is 2.60. The summed E-state index contributed by atoms with van der Waals surface area (Å²) in [5.41, 5.74) is 2.17. The highest BCUT2D eigenvalue weighted by Gasteiger charge is 2.18. The van der Waals surface area contributed by atoms with Gasteiger partial charge in [-0.05, 0) is 64.6 Å². The van der Waals surface area contributed by atoms with E-state index in [1.54, 1.807) is 36.2 Å². The van der Waals surface area contributed by atoms with Crippen molar-refractivity contribution in [2.24, 2.45) is 0 Å². The van der Waals surface area contributed by atoms with Gasteiger partial charge in [0.1, 0.15) is 0 Å². The van der Waals surface area contributed by atoms with Gasteiger partial charge in [0.25, 0.3) is 5.91 Å². The number of nitrogens with zero attached hydrogens (tertiary/aromatic N) is 1. The molecule has 0 spiro atoms. The molecule has 7 nitrogen and oxygen atoms in total. The second-order valence-electron chi connectivity index (χ2n) is 8.39. The first-order valence-corrected chi connectivity index (χ1v) is 9.80. The van der Waals surface area contributed by atoms with Gasteiger partial charge in [0.15, 0.2) is 0 Å². The molecule has 0 unspecified atom stereocenters. The van der Waals surface area contributed by atoms with Crippen LogP contribution >= 0.6 is 0 Å². The number of benzene rings is 2. The quantitative estimate of drug-likeness (QED) is 0.654. The lowest BCUT2D eigenvalue weighted by Gasteiger charge is -2.23. The van der Waals surface area contributed by atoms with Crippen LogP contribution in [0.15, 0.2) is 48.5 Å². The summed E-state index contributed by atoms with van der Waals surface area (Å²) in [4.78, 5) is 38.8. The molecule has 2 aromatic rings. The van der Waals surface area contributed by atoms with E-state index in [0.29, 0.717) is 16.9 Å². The van der Waals surface area contributed by atoms with E-state index in [9.17, 15) is 14.4 Å². The van der Waals surface area contributed by atoms with Crippen LogP contribution in [0, 0.1) is 6.92 Å². The van der Waals surface area contributed by atoms with Gasteiger partial charge in [-0.15, -0.1) is 0 Å². The topological polar surface area (TPSA) is 90.5 Å². The summed E-state index contributed by atoms with van der Waals surface area (Å²) >= 11 is 0. The Kier molecular flexibility index (Phi) is 7.72. The summed E-state index contributed by atoms with van der Waals surface area (Å²) in [5.74, 6) is -0.776. The molecule has 0 aliphatic carbocycles. The molecule has 0 fully saturated rings. The first-order chi connectivity index (χ1) is 14.0. The van der Waals surface area contributed by atoms with Crippen molar-refractivity contribution in [2.45, 2.75) is 33.2 Å². The van der Waals surface area contributed by atoms with Crippen LogP contribution in [0.25, 0.3) is 0 Å². The second kappa shape index (κ2) is 10.0. The lowest BCUT2D eigenvalue weighted by molar-refractivity contribution is -0.124. The molecule has 0 bridgehead atoms. The SMILES string of the molecule is Cc1cccc(NC(=O)c2ccccc2NC(=O)CN(C)CC(=O)NC(C)(C)C)c1. The van der Waals surface area contributed by atoms with Crippen LogP contribution in [0.1, 0.15) is 36.7 Å². The highest BCUT2D eigenvalue weighted by Crippen LogP contribution is 2.18. The summed E-state index contributed by atoms with van der Waals surface area (Å²) in [7, 11) is 1.69. The number of amides is 3. The molecule has 0 saturated carbocycles. The lowest BCUT2D eigenvalue weighted by Crippen LogP contribution is -2.46. The molecule has 0 saturated heterocycles. The maximum Gasteiger partial charge on any atom is 0.257 e. The number of hydrogen-bond donors (Lipinski definition) is 3. The van der Waals surface area contributed by atoms with Gasteiger partial charge >= 0.3 is 0 Å². The number of anilines is 2. The highest BCUT2D eigenvalue weighted by molar-refractivity contribution is 6.10. The van der Waals surface area contributed by atoms with E-state index in [-0.39, 0.29) is 36.3 Å². The second-order valence-corrected chi connectivity index (χ2v) is 8.39. The minimum absolute atomic E-state index is 0.0192. The normalized spacial score (nSPS) is 11.1. The molecule has 2 aromatic carbocycles. The molecule has 0 atom stereocenters. The van der Waals surface area contributed by atoms with Crippen LogP contribution in [0.3, 0.4) is 0 Å². The van der Waals surface area contributed by atoms with E-state index < -0.39 is 0 Å². The molecule has 30 heavy (non-hydrogen) atoms. The fourth-order valence-corrected chi connectivity index (χ4v) is 2.91. The molecule has 0 heterocycles. The minimum Gasteiger partial charge on any atom is -0.350 e. The third-order valence-corrected chi connectivity index (χ3v) is 4.06. The molecule has 0 aliphatic rings. The standard InChI is InChI=1S/C23H30N4O3/c1-16-9-8-10-17(13-16)24-22(30)18-11-6-7-12-19(18)25-20(28)14-27(5)15-21(29)26-23(2,3)4/h6-13H,14-15H2,1-5H3,(H,24,30)(H,25,28)(H,26,29). The molecule has 0 aliphatic heterocycles. The van der Waals surface area contributed by atoms with Gasteiger partial charge in [-0.25, -0.2) is 0 Å². The molecule has 3 amide bonds. The van der Waals surface area contributed by atoms with Gasteiger partial charge in [0.05, 0.1) is 24.3 Å². The summed E-state index contributed by atoms with van der Waals surface area (Å²) in [5, 5.41) is 8.47. The van der Waals surface area contributed by atoms with Crippen molar-refractivity contribution in [2.75, 3.05) is 30.8 Å². The van der Waals surface area contributed by atoms with Crippen LogP contribution in [0.4, 0.5) is 11.4 Å². The van der Waals surface area contributed by atoms with E-state index in [2.05, 4.69) is 16.0 Å². The first-order valence-electron chi connectivity index (χ1n) is 9.80.